The number of nitrogens with one attached hydrogen (secondary N) is 3. The summed E-state index contributed by atoms with van der Waals surface area (Å²) in [6, 6.07) is 18.1. The molecule has 2 aromatic rings. The molecular formula is C24H29N4O+. The van der Waals surface area contributed by atoms with Gasteiger partial charge in [0.2, 0.25) is 0 Å². The summed E-state index contributed by atoms with van der Waals surface area (Å²) >= 11 is 0. The molecule has 5 nitrogen and oxygen atoms in total. The van der Waals surface area contributed by atoms with Crippen LogP contribution < -0.4 is 15.5 Å². The minimum absolute atomic E-state index is 0.0289. The van der Waals surface area contributed by atoms with Crippen molar-refractivity contribution in [2.24, 2.45) is 4.99 Å². The molecule has 0 aliphatic carbocycles. The summed E-state index contributed by atoms with van der Waals surface area (Å²) in [4.78, 5) is 19.2. The number of quaternary nitrogens is 1. The third kappa shape index (κ3) is 4.74. The van der Waals surface area contributed by atoms with Gasteiger partial charge in [-0.2, -0.15) is 0 Å². The van der Waals surface area contributed by atoms with Gasteiger partial charge in [0, 0.05) is 11.3 Å². The van der Waals surface area contributed by atoms with Crippen LogP contribution in [0, 0.1) is 0 Å². The molecule has 2 aliphatic heterocycles. The molecule has 2 aliphatic rings. The second kappa shape index (κ2) is 9.05. The zero-order chi connectivity index (χ0) is 20.1. The zero-order valence-corrected chi connectivity index (χ0v) is 17.0. The summed E-state index contributed by atoms with van der Waals surface area (Å²) in [5.41, 5.74) is 4.71. The fourth-order valence-corrected chi connectivity index (χ4v) is 4.15. The monoisotopic (exact) mass is 389 g/mol. The molecule has 0 bridgehead atoms. The number of amides is 1. The van der Waals surface area contributed by atoms with Gasteiger partial charge in [0.15, 0.2) is 6.54 Å². The Hall–Kier alpha value is -2.92. The summed E-state index contributed by atoms with van der Waals surface area (Å²) in [7, 11) is 0. The van der Waals surface area contributed by atoms with E-state index in [2.05, 4.69) is 22.8 Å². The first-order chi connectivity index (χ1) is 14.2. The number of amidine groups is 1. The second-order valence-electron chi connectivity index (χ2n) is 7.86. The van der Waals surface area contributed by atoms with Gasteiger partial charge in [-0.3, -0.25) is 4.79 Å². The van der Waals surface area contributed by atoms with E-state index in [9.17, 15) is 4.79 Å². The molecule has 1 amide bonds. The van der Waals surface area contributed by atoms with Crippen molar-refractivity contribution >= 4 is 28.7 Å². The molecule has 1 fully saturated rings. The smallest absolute Gasteiger partial charge is 0.280 e. The number of rotatable bonds is 3. The number of carbonyl (C=O) groups excluding carboxylic acids is 1. The molecule has 3 N–H and O–H groups in total. The van der Waals surface area contributed by atoms with Crippen LogP contribution in [0.4, 0.5) is 11.4 Å². The number of anilines is 1. The standard InChI is InChI=1S/C24H28N4O/c1-18-23(19-11-5-4-6-12-19)24(26-21-14-8-7-13-20(21)25-18)27-22(29)17-28-15-9-2-3-10-16-28/h4-8,11-14,25H,2-3,9-10,15-17H2,1H3,(H,26,27,29)/p+1. The van der Waals surface area contributed by atoms with Gasteiger partial charge in [-0.05, 0) is 50.3 Å². The first kappa shape index (κ1) is 19.4. The fraction of sp³-hybridized carbons (Fsp3) is 0.333. The molecule has 0 saturated carbocycles. The van der Waals surface area contributed by atoms with E-state index in [1.165, 1.54) is 30.6 Å². The molecule has 0 aromatic heterocycles. The highest BCUT2D eigenvalue weighted by Gasteiger charge is 2.23. The van der Waals surface area contributed by atoms with E-state index in [0.29, 0.717) is 12.4 Å². The number of benzene rings is 2. The van der Waals surface area contributed by atoms with Gasteiger partial charge in [-0.15, -0.1) is 0 Å². The lowest BCUT2D eigenvalue weighted by Gasteiger charge is -2.18. The lowest BCUT2D eigenvalue weighted by Crippen LogP contribution is -3.13. The van der Waals surface area contributed by atoms with E-state index in [0.717, 1.165) is 41.3 Å². The molecule has 2 heterocycles. The number of allylic oxidation sites excluding steroid dienone is 1. The van der Waals surface area contributed by atoms with Crippen LogP contribution in [0.5, 0.6) is 0 Å². The van der Waals surface area contributed by atoms with Crippen LogP contribution in [0.1, 0.15) is 38.2 Å². The third-order valence-corrected chi connectivity index (χ3v) is 5.61. The van der Waals surface area contributed by atoms with E-state index in [4.69, 9.17) is 4.99 Å². The molecule has 4 rings (SSSR count). The van der Waals surface area contributed by atoms with E-state index in [-0.39, 0.29) is 5.91 Å². The van der Waals surface area contributed by atoms with Crippen LogP contribution in [-0.4, -0.2) is 31.4 Å². The maximum absolute atomic E-state index is 12.9. The number of carbonyl (C=O) groups is 1. The minimum atomic E-state index is 0.0289. The Morgan fingerprint density at radius 1 is 1.00 bits per heavy atom. The van der Waals surface area contributed by atoms with Crippen LogP contribution in [0.3, 0.4) is 0 Å². The van der Waals surface area contributed by atoms with Crippen molar-refractivity contribution in [2.75, 3.05) is 25.0 Å². The predicted molar refractivity (Wildman–Crippen MR) is 118 cm³/mol. The number of para-hydroxylation sites is 2. The van der Waals surface area contributed by atoms with E-state index in [1.807, 2.05) is 49.4 Å². The average molecular weight is 390 g/mol. The third-order valence-electron chi connectivity index (χ3n) is 5.61. The molecule has 1 saturated heterocycles. The van der Waals surface area contributed by atoms with E-state index < -0.39 is 0 Å². The van der Waals surface area contributed by atoms with Gasteiger partial charge in [0.25, 0.3) is 5.91 Å². The Bertz CT molecular complexity index is 925. The molecular weight excluding hydrogens is 360 g/mol. The SMILES string of the molecule is CC1=C(c2ccccc2)C(NC(=O)C[NH+]2CCCCCC2)=Nc2ccccc2N1. The molecule has 150 valence electrons. The number of hydrogen-bond donors (Lipinski definition) is 3. The van der Waals surface area contributed by atoms with Crippen LogP contribution >= 0.6 is 0 Å². The number of aliphatic imine (C=N–C) groups is 1. The topological polar surface area (TPSA) is 57.9 Å². The summed E-state index contributed by atoms with van der Waals surface area (Å²) < 4.78 is 0. The van der Waals surface area contributed by atoms with Crippen molar-refractivity contribution in [1.82, 2.24) is 5.32 Å². The molecule has 5 heteroatoms. The predicted octanol–water partition coefficient (Wildman–Crippen LogP) is 3.15. The van der Waals surface area contributed by atoms with Crippen molar-refractivity contribution in [2.45, 2.75) is 32.6 Å². The van der Waals surface area contributed by atoms with Gasteiger partial charge < -0.3 is 15.5 Å². The van der Waals surface area contributed by atoms with Gasteiger partial charge in [0.1, 0.15) is 5.84 Å². The van der Waals surface area contributed by atoms with Gasteiger partial charge in [-0.25, -0.2) is 4.99 Å². The molecule has 0 spiro atoms. The molecule has 29 heavy (non-hydrogen) atoms. The molecule has 0 atom stereocenters. The molecule has 0 radical (unpaired) electrons. The summed E-state index contributed by atoms with van der Waals surface area (Å²) in [6.45, 7) is 4.68. The van der Waals surface area contributed by atoms with Crippen LogP contribution in [0.15, 0.2) is 65.3 Å². The number of likely N-dealkylation sites (tertiary alicyclic amines) is 1. The second-order valence-corrected chi connectivity index (χ2v) is 7.86. The Kier molecular flexibility index (Phi) is 6.06. The quantitative estimate of drug-likeness (QED) is 0.755. The molecule has 0 unspecified atom stereocenters. The Labute approximate surface area is 172 Å². The Balaban J connectivity index is 1.64. The zero-order valence-electron chi connectivity index (χ0n) is 17.0. The van der Waals surface area contributed by atoms with Gasteiger partial charge in [-0.1, -0.05) is 42.5 Å². The molecule has 2 aromatic carbocycles. The lowest BCUT2D eigenvalue weighted by atomic mass is 10.0. The normalized spacial score (nSPS) is 17.5. The van der Waals surface area contributed by atoms with E-state index >= 15 is 0 Å². The Morgan fingerprint density at radius 3 is 2.45 bits per heavy atom. The van der Waals surface area contributed by atoms with E-state index in [1.54, 1.807) is 0 Å². The Morgan fingerprint density at radius 2 is 1.69 bits per heavy atom. The number of hydrogen-bond acceptors (Lipinski definition) is 3. The lowest BCUT2D eigenvalue weighted by molar-refractivity contribution is -0.891. The minimum Gasteiger partial charge on any atom is -0.357 e. The van der Waals surface area contributed by atoms with Crippen molar-refractivity contribution < 1.29 is 9.69 Å². The first-order valence-corrected chi connectivity index (χ1v) is 10.6. The van der Waals surface area contributed by atoms with Crippen molar-refractivity contribution in [3.63, 3.8) is 0 Å². The highest BCUT2D eigenvalue weighted by molar-refractivity contribution is 6.29. The van der Waals surface area contributed by atoms with Crippen molar-refractivity contribution in [3.8, 4) is 0 Å². The summed E-state index contributed by atoms with van der Waals surface area (Å²) in [5.74, 6) is 0.645. The number of nitrogens with zero attached hydrogens (tertiary/aromatic N) is 1. The fourth-order valence-electron chi connectivity index (χ4n) is 4.15. The maximum atomic E-state index is 12.9. The number of fused-ring (bicyclic) bond motifs is 1. The summed E-state index contributed by atoms with van der Waals surface area (Å²) in [6.07, 6.45) is 4.96. The van der Waals surface area contributed by atoms with Crippen LogP contribution in [0.25, 0.3) is 5.57 Å². The maximum Gasteiger partial charge on any atom is 0.280 e. The van der Waals surface area contributed by atoms with Gasteiger partial charge in [0.05, 0.1) is 24.5 Å². The summed E-state index contributed by atoms with van der Waals surface area (Å²) in [5, 5.41) is 6.61. The van der Waals surface area contributed by atoms with Crippen LogP contribution in [0.2, 0.25) is 0 Å². The van der Waals surface area contributed by atoms with Gasteiger partial charge >= 0.3 is 0 Å². The highest BCUT2D eigenvalue weighted by atomic mass is 16.2. The van der Waals surface area contributed by atoms with Crippen molar-refractivity contribution in [1.29, 1.82) is 0 Å². The van der Waals surface area contributed by atoms with Crippen LogP contribution in [-0.2, 0) is 4.79 Å². The average Bonchev–Trinajstić information content (AvgIpc) is 3.05. The first-order valence-electron chi connectivity index (χ1n) is 10.6. The highest BCUT2D eigenvalue weighted by Crippen LogP contribution is 2.32. The largest absolute Gasteiger partial charge is 0.357 e. The van der Waals surface area contributed by atoms with Crippen molar-refractivity contribution in [3.05, 3.63) is 65.9 Å².